The van der Waals surface area contributed by atoms with Gasteiger partial charge in [-0.15, -0.1) is 0 Å². The van der Waals surface area contributed by atoms with Crippen LogP contribution in [0.2, 0.25) is 0 Å². The Morgan fingerprint density at radius 2 is 1.93 bits per heavy atom. The molecule has 1 unspecified atom stereocenters. The first-order valence-electron chi connectivity index (χ1n) is 6.12. The quantitative estimate of drug-likeness (QED) is 0.550. The molecule has 0 fully saturated rings. The molecule has 15 heavy (non-hydrogen) atoms. The van der Waals surface area contributed by atoms with Crippen molar-refractivity contribution >= 4 is 0 Å². The lowest BCUT2D eigenvalue weighted by atomic mass is 9.99. The molecule has 0 saturated heterocycles. The zero-order chi connectivity index (χ0) is 11.6. The Labute approximate surface area is 94.2 Å². The van der Waals surface area contributed by atoms with E-state index in [1.165, 1.54) is 6.42 Å². The topological polar surface area (TPSA) is 41.5 Å². The van der Waals surface area contributed by atoms with Crippen LogP contribution in [-0.4, -0.2) is 37.0 Å². The molecular formula is C12H27NO2. The van der Waals surface area contributed by atoms with Crippen molar-refractivity contribution in [3.05, 3.63) is 0 Å². The third-order valence-corrected chi connectivity index (χ3v) is 2.59. The number of unbranched alkanes of at least 4 members (excludes halogenated alkanes) is 1. The molecule has 0 amide bonds. The van der Waals surface area contributed by atoms with Crippen molar-refractivity contribution in [1.82, 2.24) is 5.32 Å². The summed E-state index contributed by atoms with van der Waals surface area (Å²) in [6.07, 6.45) is 4.25. The molecule has 2 N–H and O–H groups in total. The molecule has 0 aromatic rings. The zero-order valence-corrected chi connectivity index (χ0v) is 10.5. The molecule has 0 bridgehead atoms. The number of rotatable bonds is 10. The fourth-order valence-electron chi connectivity index (χ4n) is 1.30. The Morgan fingerprint density at radius 3 is 2.47 bits per heavy atom. The lowest BCUT2D eigenvalue weighted by molar-refractivity contribution is 0.0855. The lowest BCUT2D eigenvalue weighted by Crippen LogP contribution is -2.46. The standard InChI is InChI=1S/C12H27NO2/c1-4-6-9-15-10-7-12(3,11-14)13-8-5-2/h13-14H,4-11H2,1-3H3. The van der Waals surface area contributed by atoms with Crippen LogP contribution in [0.3, 0.4) is 0 Å². The normalized spacial score (nSPS) is 15.2. The maximum Gasteiger partial charge on any atom is 0.0611 e. The van der Waals surface area contributed by atoms with Crippen molar-refractivity contribution in [1.29, 1.82) is 0 Å². The number of aliphatic hydroxyl groups is 1. The molecule has 0 aromatic heterocycles. The highest BCUT2D eigenvalue weighted by Gasteiger charge is 2.21. The summed E-state index contributed by atoms with van der Waals surface area (Å²) in [5, 5.41) is 12.7. The van der Waals surface area contributed by atoms with Gasteiger partial charge in [0.15, 0.2) is 0 Å². The molecule has 0 rings (SSSR count). The highest BCUT2D eigenvalue weighted by atomic mass is 16.5. The first kappa shape index (κ1) is 14.9. The molecule has 1 atom stereocenters. The van der Waals surface area contributed by atoms with E-state index in [1.807, 2.05) is 6.92 Å². The van der Waals surface area contributed by atoms with Crippen molar-refractivity contribution < 1.29 is 9.84 Å². The minimum absolute atomic E-state index is 0.171. The molecule has 0 aliphatic rings. The van der Waals surface area contributed by atoms with Gasteiger partial charge in [-0.05, 0) is 32.7 Å². The van der Waals surface area contributed by atoms with E-state index < -0.39 is 0 Å². The second-order valence-electron chi connectivity index (χ2n) is 4.36. The molecular weight excluding hydrogens is 190 g/mol. The molecule has 3 heteroatoms. The minimum atomic E-state index is -0.178. The lowest BCUT2D eigenvalue weighted by Gasteiger charge is -2.28. The molecule has 0 radical (unpaired) electrons. The van der Waals surface area contributed by atoms with Gasteiger partial charge in [-0.25, -0.2) is 0 Å². The van der Waals surface area contributed by atoms with Crippen LogP contribution in [0.1, 0.15) is 46.5 Å². The zero-order valence-electron chi connectivity index (χ0n) is 10.5. The second kappa shape index (κ2) is 9.13. The molecule has 3 nitrogen and oxygen atoms in total. The van der Waals surface area contributed by atoms with Crippen LogP contribution in [0.4, 0.5) is 0 Å². The highest BCUT2D eigenvalue weighted by Crippen LogP contribution is 2.09. The van der Waals surface area contributed by atoms with Crippen LogP contribution >= 0.6 is 0 Å². The van der Waals surface area contributed by atoms with E-state index in [-0.39, 0.29) is 12.1 Å². The second-order valence-corrected chi connectivity index (χ2v) is 4.36. The number of hydrogen-bond donors (Lipinski definition) is 2. The Balaban J connectivity index is 3.58. The minimum Gasteiger partial charge on any atom is -0.394 e. The van der Waals surface area contributed by atoms with E-state index in [4.69, 9.17) is 4.74 Å². The van der Waals surface area contributed by atoms with Gasteiger partial charge in [-0.2, -0.15) is 0 Å². The average Bonchev–Trinajstić information content (AvgIpc) is 2.26. The van der Waals surface area contributed by atoms with E-state index in [2.05, 4.69) is 19.2 Å². The number of nitrogens with one attached hydrogen (secondary N) is 1. The van der Waals surface area contributed by atoms with Gasteiger partial charge >= 0.3 is 0 Å². The Morgan fingerprint density at radius 1 is 1.20 bits per heavy atom. The highest BCUT2D eigenvalue weighted by molar-refractivity contribution is 4.81. The third-order valence-electron chi connectivity index (χ3n) is 2.59. The van der Waals surface area contributed by atoms with Gasteiger partial charge < -0.3 is 15.2 Å². The summed E-state index contributed by atoms with van der Waals surface area (Å²) < 4.78 is 5.50. The maximum atomic E-state index is 9.30. The number of aliphatic hydroxyl groups excluding tert-OH is 1. The summed E-state index contributed by atoms with van der Waals surface area (Å²) in [4.78, 5) is 0. The van der Waals surface area contributed by atoms with Crippen LogP contribution in [0, 0.1) is 0 Å². The van der Waals surface area contributed by atoms with Gasteiger partial charge in [0.05, 0.1) is 6.61 Å². The monoisotopic (exact) mass is 217 g/mol. The summed E-state index contributed by atoms with van der Waals surface area (Å²) in [7, 11) is 0. The molecule has 0 heterocycles. The fraction of sp³-hybridized carbons (Fsp3) is 1.00. The molecule has 0 aliphatic carbocycles. The molecule has 92 valence electrons. The van der Waals surface area contributed by atoms with E-state index in [9.17, 15) is 5.11 Å². The predicted octanol–water partition coefficient (Wildman–Crippen LogP) is 1.94. The third kappa shape index (κ3) is 7.77. The molecule has 0 spiro atoms. The van der Waals surface area contributed by atoms with Crippen LogP contribution in [0.15, 0.2) is 0 Å². The smallest absolute Gasteiger partial charge is 0.0611 e. The van der Waals surface area contributed by atoms with E-state index in [0.29, 0.717) is 0 Å². The summed E-state index contributed by atoms with van der Waals surface area (Å²) in [6, 6.07) is 0. The van der Waals surface area contributed by atoms with Gasteiger partial charge in [0, 0.05) is 18.8 Å². The molecule has 0 saturated carbocycles. The van der Waals surface area contributed by atoms with E-state index in [0.717, 1.165) is 39.0 Å². The summed E-state index contributed by atoms with van der Waals surface area (Å²) in [5.74, 6) is 0. The van der Waals surface area contributed by atoms with Crippen LogP contribution < -0.4 is 5.32 Å². The maximum absolute atomic E-state index is 9.30. The van der Waals surface area contributed by atoms with E-state index >= 15 is 0 Å². The van der Waals surface area contributed by atoms with Gasteiger partial charge in [-0.3, -0.25) is 0 Å². The van der Waals surface area contributed by atoms with Gasteiger partial charge in [0.1, 0.15) is 0 Å². The first-order chi connectivity index (χ1) is 7.18. The predicted molar refractivity (Wildman–Crippen MR) is 64.1 cm³/mol. The van der Waals surface area contributed by atoms with Gasteiger partial charge in [0.25, 0.3) is 0 Å². The van der Waals surface area contributed by atoms with Crippen molar-refractivity contribution in [2.24, 2.45) is 0 Å². The SMILES string of the molecule is CCCCOCCC(C)(CO)NCCC. The number of ether oxygens (including phenoxy) is 1. The van der Waals surface area contributed by atoms with Gasteiger partial charge in [0.2, 0.25) is 0 Å². The first-order valence-corrected chi connectivity index (χ1v) is 6.12. The van der Waals surface area contributed by atoms with Crippen molar-refractivity contribution in [3.8, 4) is 0 Å². The molecule has 0 aromatic carbocycles. The van der Waals surface area contributed by atoms with Gasteiger partial charge in [-0.1, -0.05) is 20.3 Å². The van der Waals surface area contributed by atoms with Crippen molar-refractivity contribution in [2.45, 2.75) is 52.0 Å². The van der Waals surface area contributed by atoms with E-state index in [1.54, 1.807) is 0 Å². The fourth-order valence-corrected chi connectivity index (χ4v) is 1.30. The Kier molecular flexibility index (Phi) is 9.06. The molecule has 0 aliphatic heterocycles. The van der Waals surface area contributed by atoms with Crippen LogP contribution in [-0.2, 0) is 4.74 Å². The van der Waals surface area contributed by atoms with Crippen LogP contribution in [0.5, 0.6) is 0 Å². The Bertz CT molecular complexity index is 142. The number of hydrogen-bond acceptors (Lipinski definition) is 3. The average molecular weight is 217 g/mol. The summed E-state index contributed by atoms with van der Waals surface area (Å²) in [6.45, 7) is 9.02. The summed E-state index contributed by atoms with van der Waals surface area (Å²) >= 11 is 0. The van der Waals surface area contributed by atoms with Crippen molar-refractivity contribution in [2.75, 3.05) is 26.4 Å². The van der Waals surface area contributed by atoms with Crippen molar-refractivity contribution in [3.63, 3.8) is 0 Å². The largest absolute Gasteiger partial charge is 0.394 e. The van der Waals surface area contributed by atoms with Crippen LogP contribution in [0.25, 0.3) is 0 Å². The Hall–Kier alpha value is -0.120. The summed E-state index contributed by atoms with van der Waals surface area (Å²) in [5.41, 5.74) is -0.178.